The van der Waals surface area contributed by atoms with Crippen LogP contribution in [0.25, 0.3) is 0 Å². The fraction of sp³-hybridized carbons (Fsp3) is 0.571. The molecule has 0 atom stereocenters. The van der Waals surface area contributed by atoms with E-state index in [0.29, 0.717) is 11.5 Å². The molecule has 0 spiro atoms. The lowest BCUT2D eigenvalue weighted by Crippen LogP contribution is -2.09. The number of carbonyl (C=O) groups is 1. The molecule has 1 fully saturated rings. The topological polar surface area (TPSA) is 50.2 Å². The number of aromatic carboxylic acids is 1. The Morgan fingerprint density at radius 1 is 1.47 bits per heavy atom. The number of pyridine rings is 1. The van der Waals surface area contributed by atoms with Crippen LogP contribution >= 0.6 is 0 Å². The van der Waals surface area contributed by atoms with Gasteiger partial charge in [-0.3, -0.25) is 4.98 Å². The van der Waals surface area contributed by atoms with Gasteiger partial charge in [0.25, 0.3) is 0 Å². The smallest absolute Gasteiger partial charge is 0.337 e. The molecule has 2 rings (SSSR count). The minimum atomic E-state index is -0.836. The third-order valence-electron chi connectivity index (χ3n) is 3.28. The molecule has 1 N–H and O–H groups in total. The highest BCUT2D eigenvalue weighted by Crippen LogP contribution is 2.41. The third-order valence-corrected chi connectivity index (χ3v) is 3.28. The molecule has 1 aliphatic carbocycles. The summed E-state index contributed by atoms with van der Waals surface area (Å²) < 4.78 is 0. The summed E-state index contributed by atoms with van der Waals surface area (Å²) in [6, 6.07) is 1.84. The van der Waals surface area contributed by atoms with Crippen molar-refractivity contribution in [3.8, 4) is 0 Å². The Kier molecular flexibility index (Phi) is 3.46. The number of rotatable bonds is 5. The monoisotopic (exact) mass is 233 g/mol. The predicted octanol–water partition coefficient (Wildman–Crippen LogP) is 3.17. The van der Waals surface area contributed by atoms with Crippen LogP contribution in [0.4, 0.5) is 0 Å². The van der Waals surface area contributed by atoms with E-state index in [4.69, 9.17) is 0 Å². The molecule has 1 aromatic rings. The van der Waals surface area contributed by atoms with Gasteiger partial charge in [0, 0.05) is 11.6 Å². The van der Waals surface area contributed by atoms with Crippen molar-refractivity contribution in [1.82, 2.24) is 4.98 Å². The SMILES string of the molecule is CCCc1nc(C2CC2)c(C(=O)O)cc1CC. The zero-order valence-electron chi connectivity index (χ0n) is 10.5. The van der Waals surface area contributed by atoms with Crippen LogP contribution in [-0.4, -0.2) is 16.1 Å². The highest BCUT2D eigenvalue weighted by Gasteiger charge is 2.30. The Bertz CT molecular complexity index is 436. The second-order valence-electron chi connectivity index (χ2n) is 4.71. The molecule has 3 nitrogen and oxygen atoms in total. The average Bonchev–Trinajstić information content (AvgIpc) is 3.12. The fourth-order valence-corrected chi connectivity index (χ4v) is 2.21. The Morgan fingerprint density at radius 2 is 2.18 bits per heavy atom. The minimum absolute atomic E-state index is 0.391. The number of hydrogen-bond donors (Lipinski definition) is 1. The lowest BCUT2D eigenvalue weighted by molar-refractivity contribution is 0.0695. The van der Waals surface area contributed by atoms with Crippen LogP contribution in [0.1, 0.15) is 66.3 Å². The van der Waals surface area contributed by atoms with Crippen molar-refractivity contribution in [3.63, 3.8) is 0 Å². The zero-order valence-corrected chi connectivity index (χ0v) is 10.5. The molecule has 0 aliphatic heterocycles. The Morgan fingerprint density at radius 3 is 2.65 bits per heavy atom. The first-order valence-electron chi connectivity index (χ1n) is 6.43. The maximum Gasteiger partial charge on any atom is 0.337 e. The van der Waals surface area contributed by atoms with Crippen molar-refractivity contribution >= 4 is 5.97 Å². The molecule has 0 unspecified atom stereocenters. The van der Waals surface area contributed by atoms with Crippen molar-refractivity contribution in [2.24, 2.45) is 0 Å². The van der Waals surface area contributed by atoms with Crippen molar-refractivity contribution in [3.05, 3.63) is 28.6 Å². The number of hydrogen-bond acceptors (Lipinski definition) is 2. The normalized spacial score (nSPS) is 14.9. The Labute approximate surface area is 102 Å². The first-order chi connectivity index (χ1) is 8.17. The molecule has 0 aromatic carbocycles. The average molecular weight is 233 g/mol. The summed E-state index contributed by atoms with van der Waals surface area (Å²) in [7, 11) is 0. The molecular formula is C14H19NO2. The first-order valence-corrected chi connectivity index (χ1v) is 6.43. The lowest BCUT2D eigenvalue weighted by atomic mass is 10.0. The van der Waals surface area contributed by atoms with E-state index >= 15 is 0 Å². The number of aryl methyl sites for hydroxylation is 2. The molecule has 92 valence electrons. The highest BCUT2D eigenvalue weighted by atomic mass is 16.4. The second kappa shape index (κ2) is 4.86. The molecule has 0 radical (unpaired) electrons. The van der Waals surface area contributed by atoms with E-state index in [2.05, 4.69) is 18.8 Å². The molecule has 1 aromatic heterocycles. The van der Waals surface area contributed by atoms with Gasteiger partial charge >= 0.3 is 5.97 Å². The molecule has 0 amide bonds. The number of carboxylic acid groups (broad SMARTS) is 1. The summed E-state index contributed by atoms with van der Waals surface area (Å²) in [4.78, 5) is 15.9. The number of carboxylic acids is 1. The van der Waals surface area contributed by atoms with E-state index in [-0.39, 0.29) is 0 Å². The molecule has 1 saturated carbocycles. The van der Waals surface area contributed by atoms with E-state index in [9.17, 15) is 9.90 Å². The maximum atomic E-state index is 11.3. The number of aromatic nitrogens is 1. The summed E-state index contributed by atoms with van der Waals surface area (Å²) in [5.41, 5.74) is 3.43. The van der Waals surface area contributed by atoms with Crippen LogP contribution in [0.15, 0.2) is 6.07 Å². The largest absolute Gasteiger partial charge is 0.478 e. The van der Waals surface area contributed by atoms with Gasteiger partial charge in [0.1, 0.15) is 0 Å². The molecular weight excluding hydrogens is 214 g/mol. The standard InChI is InChI=1S/C14H19NO2/c1-3-5-12-9(4-2)8-11(14(16)17)13(15-12)10-6-7-10/h8,10H,3-7H2,1-2H3,(H,16,17). The minimum Gasteiger partial charge on any atom is -0.478 e. The third kappa shape index (κ3) is 2.48. The molecule has 3 heteroatoms. The van der Waals surface area contributed by atoms with Crippen LogP contribution in [0.3, 0.4) is 0 Å². The van der Waals surface area contributed by atoms with Gasteiger partial charge in [0.05, 0.1) is 11.3 Å². The van der Waals surface area contributed by atoms with Crippen LogP contribution in [0.5, 0.6) is 0 Å². The molecule has 0 saturated heterocycles. The summed E-state index contributed by atoms with van der Waals surface area (Å²) in [5.74, 6) is -0.445. The fourth-order valence-electron chi connectivity index (χ4n) is 2.21. The quantitative estimate of drug-likeness (QED) is 0.849. The van der Waals surface area contributed by atoms with Crippen LogP contribution in [0, 0.1) is 0 Å². The van der Waals surface area contributed by atoms with E-state index in [1.165, 1.54) is 0 Å². The van der Waals surface area contributed by atoms with Gasteiger partial charge in [-0.05, 0) is 37.3 Å². The van der Waals surface area contributed by atoms with Crippen LogP contribution in [-0.2, 0) is 12.8 Å². The Balaban J connectivity index is 2.48. The Hall–Kier alpha value is -1.38. The van der Waals surface area contributed by atoms with Crippen molar-refractivity contribution in [2.75, 3.05) is 0 Å². The van der Waals surface area contributed by atoms with Crippen molar-refractivity contribution < 1.29 is 9.90 Å². The molecule has 17 heavy (non-hydrogen) atoms. The molecule has 0 bridgehead atoms. The van der Waals surface area contributed by atoms with Crippen LogP contribution in [0.2, 0.25) is 0 Å². The van der Waals surface area contributed by atoms with Gasteiger partial charge in [0.2, 0.25) is 0 Å². The second-order valence-corrected chi connectivity index (χ2v) is 4.71. The van der Waals surface area contributed by atoms with Crippen LogP contribution < -0.4 is 0 Å². The van der Waals surface area contributed by atoms with E-state index < -0.39 is 5.97 Å². The van der Waals surface area contributed by atoms with Gasteiger partial charge in [-0.1, -0.05) is 20.3 Å². The zero-order chi connectivity index (χ0) is 12.4. The lowest BCUT2D eigenvalue weighted by Gasteiger charge is -2.11. The van der Waals surface area contributed by atoms with Crippen molar-refractivity contribution in [2.45, 2.75) is 51.9 Å². The summed E-state index contributed by atoms with van der Waals surface area (Å²) in [6.07, 6.45) is 5.03. The first kappa shape index (κ1) is 12.1. The maximum absolute atomic E-state index is 11.3. The van der Waals surface area contributed by atoms with E-state index in [1.54, 1.807) is 0 Å². The molecule has 1 aliphatic rings. The van der Waals surface area contributed by atoms with Gasteiger partial charge in [0.15, 0.2) is 0 Å². The summed E-state index contributed by atoms with van der Waals surface area (Å²) >= 11 is 0. The van der Waals surface area contributed by atoms with Gasteiger partial charge in [-0.2, -0.15) is 0 Å². The summed E-state index contributed by atoms with van der Waals surface area (Å²) in [6.45, 7) is 4.18. The van der Waals surface area contributed by atoms with Gasteiger partial charge in [-0.15, -0.1) is 0 Å². The number of nitrogens with zero attached hydrogens (tertiary/aromatic N) is 1. The summed E-state index contributed by atoms with van der Waals surface area (Å²) in [5, 5.41) is 9.24. The molecule has 1 heterocycles. The van der Waals surface area contributed by atoms with Crippen molar-refractivity contribution in [1.29, 1.82) is 0 Å². The van der Waals surface area contributed by atoms with E-state index in [1.807, 2.05) is 6.07 Å². The highest BCUT2D eigenvalue weighted by molar-refractivity contribution is 5.89. The van der Waals surface area contributed by atoms with Gasteiger partial charge < -0.3 is 5.11 Å². The van der Waals surface area contributed by atoms with Gasteiger partial charge in [-0.25, -0.2) is 4.79 Å². The van der Waals surface area contributed by atoms with E-state index in [0.717, 1.165) is 49.1 Å². The predicted molar refractivity (Wildman–Crippen MR) is 66.5 cm³/mol.